The molecule has 0 fully saturated rings. The molecule has 0 saturated carbocycles. The highest BCUT2D eigenvalue weighted by Gasteiger charge is 2.25. The summed E-state index contributed by atoms with van der Waals surface area (Å²) in [5.41, 5.74) is 2.08. The molecule has 2 atom stereocenters. The van der Waals surface area contributed by atoms with Gasteiger partial charge in [0.05, 0.1) is 13.2 Å². The summed E-state index contributed by atoms with van der Waals surface area (Å²) < 4.78 is 14.4. The number of carbonyl (C=O) groups excluding carboxylic acids is 1. The number of aliphatic hydroxyl groups excluding tert-OH is 1. The summed E-state index contributed by atoms with van der Waals surface area (Å²) in [4.78, 5) is 11.3. The topological polar surface area (TPSA) is 77.0 Å². The third-order valence-electron chi connectivity index (χ3n) is 4.55. The van der Waals surface area contributed by atoms with Crippen LogP contribution in [0.15, 0.2) is 83.3 Å². The van der Waals surface area contributed by atoms with E-state index in [2.05, 4.69) is 52.6 Å². The molecular formula is C24H25BrFNO3. The van der Waals surface area contributed by atoms with E-state index < -0.39 is 23.8 Å². The minimum absolute atomic E-state index is 0.0525. The number of rotatable bonds is 7. The van der Waals surface area contributed by atoms with Crippen LogP contribution in [0.5, 0.6) is 0 Å². The molecule has 3 rings (SSSR count). The summed E-state index contributed by atoms with van der Waals surface area (Å²) in [6.07, 6.45) is -1.40. The average Bonchev–Trinajstić information content (AvgIpc) is 2.74. The molecule has 0 bridgehead atoms. The molecule has 0 aromatic heterocycles. The van der Waals surface area contributed by atoms with Gasteiger partial charge in [0.25, 0.3) is 0 Å². The second kappa shape index (κ2) is 12.2. The number of carboxylic acid groups (broad SMARTS) is 1. The van der Waals surface area contributed by atoms with E-state index in [-0.39, 0.29) is 12.0 Å². The summed E-state index contributed by atoms with van der Waals surface area (Å²) >= 11 is 3.11. The summed E-state index contributed by atoms with van der Waals surface area (Å²) in [5, 5.41) is 23.7. The lowest BCUT2D eigenvalue weighted by Gasteiger charge is -2.24. The fourth-order valence-electron chi connectivity index (χ4n) is 3.00. The number of quaternary nitrogens is 1. The van der Waals surface area contributed by atoms with Crippen molar-refractivity contribution in [2.75, 3.05) is 7.05 Å². The van der Waals surface area contributed by atoms with Crippen molar-refractivity contribution in [1.29, 1.82) is 0 Å². The van der Waals surface area contributed by atoms with Crippen molar-refractivity contribution in [2.24, 2.45) is 5.92 Å². The number of aliphatic hydroxyl groups is 1. The van der Waals surface area contributed by atoms with Gasteiger partial charge in [-0.1, -0.05) is 82.7 Å². The SMILES string of the molecule is C[NH2+]Cc1ccccc1.O=C([O-])C(Cc1ccccc1)C(O)c1ccc(Br)cc1F. The molecule has 158 valence electrons. The molecule has 0 aliphatic heterocycles. The lowest BCUT2D eigenvalue weighted by atomic mass is 9.89. The van der Waals surface area contributed by atoms with Crippen molar-refractivity contribution < 1.29 is 24.7 Å². The Labute approximate surface area is 184 Å². The third-order valence-corrected chi connectivity index (χ3v) is 5.04. The zero-order chi connectivity index (χ0) is 21.9. The summed E-state index contributed by atoms with van der Waals surface area (Å²) in [5.74, 6) is -3.28. The molecule has 3 N–H and O–H groups in total. The van der Waals surface area contributed by atoms with Crippen LogP contribution in [-0.4, -0.2) is 18.1 Å². The summed E-state index contributed by atoms with van der Waals surface area (Å²) in [6.45, 7) is 1.08. The van der Waals surface area contributed by atoms with Crippen LogP contribution >= 0.6 is 15.9 Å². The van der Waals surface area contributed by atoms with Crippen molar-refractivity contribution in [2.45, 2.75) is 19.1 Å². The predicted molar refractivity (Wildman–Crippen MR) is 116 cm³/mol. The number of carbonyl (C=O) groups is 1. The molecule has 3 aromatic carbocycles. The average molecular weight is 474 g/mol. The van der Waals surface area contributed by atoms with Gasteiger partial charge in [0.15, 0.2) is 0 Å². The Hall–Kier alpha value is -2.54. The lowest BCUT2D eigenvalue weighted by Crippen LogP contribution is -2.77. The zero-order valence-corrected chi connectivity index (χ0v) is 18.3. The molecule has 0 radical (unpaired) electrons. The highest BCUT2D eigenvalue weighted by molar-refractivity contribution is 9.10. The van der Waals surface area contributed by atoms with Crippen molar-refractivity contribution in [3.63, 3.8) is 0 Å². The first-order valence-corrected chi connectivity index (χ1v) is 10.4. The van der Waals surface area contributed by atoms with E-state index >= 15 is 0 Å². The fourth-order valence-corrected chi connectivity index (χ4v) is 3.33. The van der Waals surface area contributed by atoms with Crippen LogP contribution in [0.4, 0.5) is 4.39 Å². The van der Waals surface area contributed by atoms with E-state index in [9.17, 15) is 19.4 Å². The second-order valence-electron chi connectivity index (χ2n) is 6.82. The van der Waals surface area contributed by atoms with Gasteiger partial charge in [0, 0.05) is 27.5 Å². The quantitative estimate of drug-likeness (QED) is 0.553. The Kier molecular flexibility index (Phi) is 9.67. The maximum atomic E-state index is 13.9. The van der Waals surface area contributed by atoms with Crippen LogP contribution in [0.3, 0.4) is 0 Å². The Balaban J connectivity index is 0.000000297. The van der Waals surface area contributed by atoms with E-state index in [4.69, 9.17) is 0 Å². The van der Waals surface area contributed by atoms with Gasteiger partial charge in [-0.05, 0) is 24.1 Å². The first-order valence-electron chi connectivity index (χ1n) is 9.62. The molecule has 4 nitrogen and oxygen atoms in total. The predicted octanol–water partition coefficient (Wildman–Crippen LogP) is 2.61. The Morgan fingerprint density at radius 3 is 2.10 bits per heavy atom. The molecule has 3 aromatic rings. The highest BCUT2D eigenvalue weighted by atomic mass is 79.9. The smallest absolute Gasteiger partial charge is 0.130 e. The largest absolute Gasteiger partial charge is 0.550 e. The Morgan fingerprint density at radius 2 is 1.60 bits per heavy atom. The normalized spacial score (nSPS) is 12.4. The van der Waals surface area contributed by atoms with Gasteiger partial charge in [0.2, 0.25) is 0 Å². The monoisotopic (exact) mass is 473 g/mol. The Bertz CT molecular complexity index is 922. The van der Waals surface area contributed by atoms with Crippen LogP contribution in [0, 0.1) is 11.7 Å². The van der Waals surface area contributed by atoms with E-state index in [1.54, 1.807) is 30.3 Å². The molecule has 0 saturated heterocycles. The molecule has 0 aliphatic rings. The fraction of sp³-hybridized carbons (Fsp3) is 0.208. The van der Waals surface area contributed by atoms with Crippen LogP contribution < -0.4 is 10.4 Å². The van der Waals surface area contributed by atoms with Crippen LogP contribution in [-0.2, 0) is 17.8 Å². The minimum atomic E-state index is -1.47. The van der Waals surface area contributed by atoms with Gasteiger partial charge in [-0.15, -0.1) is 0 Å². The number of benzene rings is 3. The number of carboxylic acids is 1. The highest BCUT2D eigenvalue weighted by Crippen LogP contribution is 2.28. The van der Waals surface area contributed by atoms with E-state index in [0.717, 1.165) is 12.1 Å². The van der Waals surface area contributed by atoms with Crippen LogP contribution in [0.2, 0.25) is 0 Å². The first kappa shape index (κ1) is 23.7. The molecule has 0 aliphatic carbocycles. The van der Waals surface area contributed by atoms with Crippen molar-refractivity contribution >= 4 is 21.9 Å². The van der Waals surface area contributed by atoms with Gasteiger partial charge >= 0.3 is 0 Å². The van der Waals surface area contributed by atoms with Gasteiger partial charge in [0.1, 0.15) is 12.4 Å². The van der Waals surface area contributed by atoms with Crippen molar-refractivity contribution in [1.82, 2.24) is 0 Å². The van der Waals surface area contributed by atoms with E-state index in [1.165, 1.54) is 17.7 Å². The summed E-state index contributed by atoms with van der Waals surface area (Å²) in [6, 6.07) is 23.4. The number of nitrogens with two attached hydrogens (primary N) is 1. The maximum Gasteiger partial charge on any atom is 0.130 e. The minimum Gasteiger partial charge on any atom is -0.550 e. The first-order chi connectivity index (χ1) is 14.4. The van der Waals surface area contributed by atoms with Crippen molar-refractivity contribution in [3.8, 4) is 0 Å². The molecule has 2 unspecified atom stereocenters. The standard InChI is InChI=1S/C16H14BrFO3.C8H11N/c17-11-6-7-12(14(18)9-11)15(19)13(16(20)21)8-10-4-2-1-3-5-10;1-9-7-8-5-3-2-4-6-8/h1-7,9,13,15,19H,8H2,(H,20,21);2-6,9H,7H2,1H3. The van der Waals surface area contributed by atoms with Gasteiger partial charge in [-0.3, -0.25) is 0 Å². The lowest BCUT2D eigenvalue weighted by molar-refractivity contribution is -0.643. The number of hydrogen-bond donors (Lipinski definition) is 2. The van der Waals surface area contributed by atoms with Gasteiger partial charge in [-0.25, -0.2) is 4.39 Å². The number of hydrogen-bond acceptors (Lipinski definition) is 3. The number of aliphatic carboxylic acids is 1. The maximum absolute atomic E-state index is 13.9. The van der Waals surface area contributed by atoms with Crippen LogP contribution in [0.1, 0.15) is 22.8 Å². The van der Waals surface area contributed by atoms with E-state index in [1.807, 2.05) is 12.1 Å². The van der Waals surface area contributed by atoms with Crippen molar-refractivity contribution in [3.05, 3.63) is 106 Å². The number of halogens is 2. The van der Waals surface area contributed by atoms with Gasteiger partial charge in [-0.2, -0.15) is 0 Å². The molecule has 0 heterocycles. The molecular weight excluding hydrogens is 449 g/mol. The third kappa shape index (κ3) is 7.37. The van der Waals surface area contributed by atoms with Crippen LogP contribution in [0.25, 0.3) is 0 Å². The summed E-state index contributed by atoms with van der Waals surface area (Å²) in [7, 11) is 2.08. The molecule has 6 heteroatoms. The second-order valence-corrected chi connectivity index (χ2v) is 7.74. The molecule has 0 spiro atoms. The van der Waals surface area contributed by atoms with Gasteiger partial charge < -0.3 is 20.3 Å². The van der Waals surface area contributed by atoms with E-state index in [0.29, 0.717) is 4.47 Å². The molecule has 0 amide bonds. The molecule has 30 heavy (non-hydrogen) atoms. The Morgan fingerprint density at radius 1 is 1.03 bits per heavy atom. The zero-order valence-electron chi connectivity index (χ0n) is 16.7.